The van der Waals surface area contributed by atoms with Gasteiger partial charge in [0, 0.05) is 5.56 Å². The molecule has 0 fully saturated rings. The first kappa shape index (κ1) is 12.3. The van der Waals surface area contributed by atoms with Crippen LogP contribution in [0, 0.1) is 17.7 Å². The smallest absolute Gasteiger partial charge is 0.317 e. The summed E-state index contributed by atoms with van der Waals surface area (Å²) in [5.74, 6) is 4.04. The number of nitrogens with two attached hydrogens (primary N) is 1. The molecule has 2 N–H and O–H groups in total. The van der Waals surface area contributed by atoms with E-state index in [1.54, 1.807) is 0 Å². The average Bonchev–Trinajstić information content (AvgIpc) is 2.25. The van der Waals surface area contributed by atoms with Crippen LogP contribution in [-0.4, -0.2) is 13.1 Å². The molecule has 16 heavy (non-hydrogen) atoms. The maximum atomic E-state index is 13.1. The lowest BCUT2D eigenvalue weighted by Crippen LogP contribution is -1.97. The number of halogens is 2. The molecule has 0 atom stereocenters. The van der Waals surface area contributed by atoms with E-state index >= 15 is 0 Å². The predicted molar refractivity (Wildman–Crippen MR) is 59.3 cm³/mol. The number of carbonyl (C=O) groups is 1. The van der Waals surface area contributed by atoms with E-state index < -0.39 is 11.8 Å². The van der Waals surface area contributed by atoms with Gasteiger partial charge in [-0.2, -0.15) is 0 Å². The number of anilines is 1. The van der Waals surface area contributed by atoms with Gasteiger partial charge < -0.3 is 10.5 Å². The SMILES string of the molecule is COC(=O)CC#Cc1cc(F)c(N)cc1Cl. The van der Waals surface area contributed by atoms with E-state index in [2.05, 4.69) is 16.6 Å². The lowest BCUT2D eigenvalue weighted by molar-refractivity contribution is -0.139. The lowest BCUT2D eigenvalue weighted by atomic mass is 10.2. The van der Waals surface area contributed by atoms with E-state index in [-0.39, 0.29) is 22.7 Å². The molecule has 0 spiro atoms. The largest absolute Gasteiger partial charge is 0.468 e. The third-order valence-corrected chi connectivity index (χ3v) is 2.08. The number of hydrogen-bond acceptors (Lipinski definition) is 3. The fourth-order valence-electron chi connectivity index (χ4n) is 0.942. The molecular weight excluding hydrogens is 233 g/mol. The Morgan fingerprint density at radius 2 is 2.31 bits per heavy atom. The van der Waals surface area contributed by atoms with Gasteiger partial charge >= 0.3 is 5.97 Å². The fraction of sp³-hybridized carbons (Fsp3) is 0.182. The molecule has 0 radical (unpaired) electrons. The van der Waals surface area contributed by atoms with Gasteiger partial charge in [0.25, 0.3) is 0 Å². The van der Waals surface area contributed by atoms with Crippen LogP contribution in [0.4, 0.5) is 10.1 Å². The first-order valence-electron chi connectivity index (χ1n) is 4.34. The maximum absolute atomic E-state index is 13.1. The van der Waals surface area contributed by atoms with Crippen LogP contribution in [-0.2, 0) is 9.53 Å². The predicted octanol–water partition coefficient (Wildman–Crippen LogP) is 1.98. The highest BCUT2D eigenvalue weighted by molar-refractivity contribution is 6.32. The second kappa shape index (κ2) is 5.38. The summed E-state index contributed by atoms with van der Waals surface area (Å²) in [5.41, 5.74) is 5.56. The van der Waals surface area contributed by atoms with Gasteiger partial charge in [-0.3, -0.25) is 4.79 Å². The summed E-state index contributed by atoms with van der Waals surface area (Å²) in [7, 11) is 1.26. The second-order valence-electron chi connectivity index (χ2n) is 2.91. The Morgan fingerprint density at radius 1 is 1.62 bits per heavy atom. The highest BCUT2D eigenvalue weighted by Gasteiger charge is 2.04. The summed E-state index contributed by atoms with van der Waals surface area (Å²) in [6.45, 7) is 0. The third kappa shape index (κ3) is 3.14. The van der Waals surface area contributed by atoms with Crippen LogP contribution in [0.1, 0.15) is 12.0 Å². The van der Waals surface area contributed by atoms with Crippen LogP contribution in [0.2, 0.25) is 5.02 Å². The van der Waals surface area contributed by atoms with Crippen LogP contribution < -0.4 is 5.73 Å². The number of ether oxygens (including phenoxy) is 1. The Kier molecular flexibility index (Phi) is 4.15. The van der Waals surface area contributed by atoms with Crippen molar-refractivity contribution in [3.63, 3.8) is 0 Å². The summed E-state index contributed by atoms with van der Waals surface area (Å²) in [6.07, 6.45) is -0.0706. The number of carbonyl (C=O) groups excluding carboxylic acids is 1. The molecule has 1 aromatic carbocycles. The van der Waals surface area contributed by atoms with Crippen molar-refractivity contribution in [3.8, 4) is 11.8 Å². The standard InChI is InChI=1S/C11H9ClFNO2/c1-16-11(15)4-2-3-7-5-9(13)10(14)6-8(7)12/h5-6H,4,14H2,1H3. The third-order valence-electron chi connectivity index (χ3n) is 1.77. The van der Waals surface area contributed by atoms with Crippen LogP contribution in [0.15, 0.2) is 12.1 Å². The maximum Gasteiger partial charge on any atom is 0.317 e. The van der Waals surface area contributed by atoms with Gasteiger partial charge in [-0.25, -0.2) is 4.39 Å². The number of hydrogen-bond donors (Lipinski definition) is 1. The Hall–Kier alpha value is -1.73. The van der Waals surface area contributed by atoms with E-state index in [1.165, 1.54) is 13.2 Å². The van der Waals surface area contributed by atoms with Crippen LogP contribution in [0.5, 0.6) is 0 Å². The van der Waals surface area contributed by atoms with E-state index in [0.29, 0.717) is 0 Å². The number of methoxy groups -OCH3 is 1. The molecule has 0 aromatic heterocycles. The summed E-state index contributed by atoms with van der Waals surface area (Å²) in [6, 6.07) is 2.40. The van der Waals surface area contributed by atoms with Crippen LogP contribution in [0.3, 0.4) is 0 Å². The van der Waals surface area contributed by atoms with E-state index in [1.807, 2.05) is 0 Å². The van der Waals surface area contributed by atoms with Gasteiger partial charge in [0.2, 0.25) is 0 Å². The van der Waals surface area contributed by atoms with Crippen molar-refractivity contribution in [1.82, 2.24) is 0 Å². The first-order chi connectivity index (χ1) is 7.54. The van der Waals surface area contributed by atoms with Crippen molar-refractivity contribution in [1.29, 1.82) is 0 Å². The molecule has 5 heteroatoms. The highest BCUT2D eigenvalue weighted by atomic mass is 35.5. The minimum absolute atomic E-state index is 0.0384. The molecule has 0 amide bonds. The molecule has 1 rings (SSSR count). The molecule has 0 aliphatic carbocycles. The molecular formula is C11H9ClFNO2. The van der Waals surface area contributed by atoms with Crippen molar-refractivity contribution in [2.45, 2.75) is 6.42 Å². The zero-order valence-corrected chi connectivity index (χ0v) is 9.27. The fourth-order valence-corrected chi connectivity index (χ4v) is 1.16. The molecule has 3 nitrogen and oxygen atoms in total. The van der Waals surface area contributed by atoms with E-state index in [4.69, 9.17) is 17.3 Å². The molecule has 84 valence electrons. The van der Waals surface area contributed by atoms with Crippen LogP contribution >= 0.6 is 11.6 Å². The van der Waals surface area contributed by atoms with Crippen molar-refractivity contribution in [3.05, 3.63) is 28.5 Å². The molecule has 0 bridgehead atoms. The van der Waals surface area contributed by atoms with Crippen molar-refractivity contribution in [2.24, 2.45) is 0 Å². The normalized spacial score (nSPS) is 9.19. The van der Waals surface area contributed by atoms with Gasteiger partial charge in [-0.1, -0.05) is 23.4 Å². The first-order valence-corrected chi connectivity index (χ1v) is 4.72. The zero-order valence-electron chi connectivity index (χ0n) is 8.51. The van der Waals surface area contributed by atoms with Crippen molar-refractivity contribution < 1.29 is 13.9 Å². The van der Waals surface area contributed by atoms with Gasteiger partial charge in [-0.15, -0.1) is 0 Å². The van der Waals surface area contributed by atoms with Crippen molar-refractivity contribution in [2.75, 3.05) is 12.8 Å². The number of esters is 1. The molecule has 0 unspecified atom stereocenters. The quantitative estimate of drug-likeness (QED) is 0.465. The minimum Gasteiger partial charge on any atom is -0.468 e. The molecule has 0 saturated heterocycles. The molecule has 0 saturated carbocycles. The number of nitrogen functional groups attached to an aromatic ring is 1. The summed E-state index contributed by atoms with van der Waals surface area (Å²) in [5, 5.41) is 0.247. The molecule has 0 aliphatic heterocycles. The Morgan fingerprint density at radius 3 is 2.94 bits per heavy atom. The van der Waals surface area contributed by atoms with E-state index in [9.17, 15) is 9.18 Å². The minimum atomic E-state index is -0.591. The van der Waals surface area contributed by atoms with Crippen LogP contribution in [0.25, 0.3) is 0 Å². The molecule has 0 aliphatic rings. The highest BCUT2D eigenvalue weighted by Crippen LogP contribution is 2.21. The lowest BCUT2D eigenvalue weighted by Gasteiger charge is -1.99. The van der Waals surface area contributed by atoms with Crippen molar-refractivity contribution >= 4 is 23.3 Å². The zero-order chi connectivity index (χ0) is 12.1. The molecule has 0 heterocycles. The van der Waals surface area contributed by atoms with Gasteiger partial charge in [0.05, 0.1) is 17.8 Å². The van der Waals surface area contributed by atoms with E-state index in [0.717, 1.165) is 6.07 Å². The monoisotopic (exact) mass is 241 g/mol. The second-order valence-corrected chi connectivity index (χ2v) is 3.32. The Balaban J connectivity index is 2.89. The summed E-state index contributed by atoms with van der Waals surface area (Å²) < 4.78 is 17.5. The Labute approximate surface area is 97.3 Å². The van der Waals surface area contributed by atoms with Gasteiger partial charge in [-0.05, 0) is 12.1 Å². The number of benzene rings is 1. The Bertz CT molecular complexity index is 477. The summed E-state index contributed by atoms with van der Waals surface area (Å²) >= 11 is 5.79. The topological polar surface area (TPSA) is 52.3 Å². The average molecular weight is 242 g/mol. The summed E-state index contributed by atoms with van der Waals surface area (Å²) in [4.78, 5) is 10.8. The molecule has 1 aromatic rings. The number of rotatable bonds is 1. The van der Waals surface area contributed by atoms with Gasteiger partial charge in [0.1, 0.15) is 12.2 Å². The van der Waals surface area contributed by atoms with Gasteiger partial charge in [0.15, 0.2) is 0 Å².